The summed E-state index contributed by atoms with van der Waals surface area (Å²) in [7, 11) is 0. The number of anilines is 1. The van der Waals surface area contributed by atoms with Gasteiger partial charge in [0, 0.05) is 11.6 Å². The zero-order valence-electron chi connectivity index (χ0n) is 17.2. The highest BCUT2D eigenvalue weighted by Crippen LogP contribution is 2.36. The van der Waals surface area contributed by atoms with Crippen LogP contribution in [-0.2, 0) is 4.79 Å². The van der Waals surface area contributed by atoms with Gasteiger partial charge in [-0.25, -0.2) is 9.69 Å². The number of Topliss-reactive ketones (excluding diaryl/α,β-unsaturated/α-hetero) is 1. The Kier molecular flexibility index (Phi) is 5.02. The minimum absolute atomic E-state index is 0.0232. The van der Waals surface area contributed by atoms with Gasteiger partial charge in [-0.2, -0.15) is 0 Å². The normalized spacial score (nSPS) is 21.3. The molecule has 2 atom stereocenters. The van der Waals surface area contributed by atoms with Crippen LogP contribution in [-0.4, -0.2) is 35.2 Å². The third-order valence-corrected chi connectivity index (χ3v) is 6.52. The van der Waals surface area contributed by atoms with Gasteiger partial charge in [0.25, 0.3) is 0 Å². The van der Waals surface area contributed by atoms with Gasteiger partial charge in [0.05, 0.1) is 18.2 Å². The maximum atomic E-state index is 13.5. The molecule has 5 rings (SSSR count). The number of urea groups is 1. The largest absolute Gasteiger partial charge is 0.332 e. The van der Waals surface area contributed by atoms with Gasteiger partial charge in [-0.05, 0) is 35.7 Å². The van der Waals surface area contributed by atoms with E-state index in [1.807, 2.05) is 60.7 Å². The van der Waals surface area contributed by atoms with E-state index >= 15 is 0 Å². The quantitative estimate of drug-likeness (QED) is 0.564. The molecule has 0 N–H and O–H groups in total. The molecule has 0 radical (unpaired) electrons. The summed E-state index contributed by atoms with van der Waals surface area (Å²) in [5.41, 5.74) is 1.17. The topological polar surface area (TPSA) is 57.7 Å². The highest BCUT2D eigenvalue weighted by atomic mass is 16.2. The molecule has 3 aromatic carbocycles. The van der Waals surface area contributed by atoms with E-state index in [1.165, 1.54) is 4.90 Å². The standard InChI is InChI=1S/C26H24N2O3/c29-24(21-15-8-10-18-9-4-5-13-20(18)21)17-27-23-16-7-6-14-22(23)25(30)28(26(27)31)19-11-2-1-3-12-19/h1-5,8-13,15,22-23H,6-7,14,16-17H2. The van der Waals surface area contributed by atoms with Crippen LogP contribution in [0.5, 0.6) is 0 Å². The van der Waals surface area contributed by atoms with Gasteiger partial charge in [0.2, 0.25) is 5.91 Å². The van der Waals surface area contributed by atoms with Gasteiger partial charge in [-0.15, -0.1) is 0 Å². The fourth-order valence-electron chi connectivity index (χ4n) is 5.01. The molecular weight excluding hydrogens is 388 g/mol. The first-order chi connectivity index (χ1) is 15.1. The van der Waals surface area contributed by atoms with Crippen molar-refractivity contribution in [1.82, 2.24) is 4.90 Å². The Hall–Kier alpha value is -3.47. The second kappa shape index (κ2) is 7.99. The molecule has 5 nitrogen and oxygen atoms in total. The van der Waals surface area contributed by atoms with E-state index in [1.54, 1.807) is 17.0 Å². The number of fused-ring (bicyclic) bond motifs is 2. The maximum Gasteiger partial charge on any atom is 0.332 e. The van der Waals surface area contributed by atoms with Crippen LogP contribution >= 0.6 is 0 Å². The molecule has 2 unspecified atom stereocenters. The molecule has 3 amide bonds. The summed E-state index contributed by atoms with van der Waals surface area (Å²) in [6, 6.07) is 21.8. The zero-order chi connectivity index (χ0) is 21.4. The number of carbonyl (C=O) groups excluding carboxylic acids is 3. The molecule has 31 heavy (non-hydrogen) atoms. The Morgan fingerprint density at radius 3 is 2.39 bits per heavy atom. The van der Waals surface area contributed by atoms with Crippen molar-refractivity contribution in [2.45, 2.75) is 31.7 Å². The molecule has 3 aromatic rings. The average molecular weight is 412 g/mol. The lowest BCUT2D eigenvalue weighted by molar-refractivity contribution is -0.126. The Labute approximate surface area is 181 Å². The van der Waals surface area contributed by atoms with Crippen LogP contribution < -0.4 is 4.90 Å². The minimum atomic E-state index is -0.395. The van der Waals surface area contributed by atoms with E-state index in [2.05, 4.69) is 0 Å². The van der Waals surface area contributed by atoms with E-state index in [0.29, 0.717) is 11.3 Å². The summed E-state index contributed by atoms with van der Waals surface area (Å²) in [4.78, 5) is 43.0. The molecule has 1 saturated heterocycles. The monoisotopic (exact) mass is 412 g/mol. The molecule has 156 valence electrons. The smallest absolute Gasteiger partial charge is 0.312 e. The minimum Gasteiger partial charge on any atom is -0.312 e. The number of carbonyl (C=O) groups is 3. The number of ketones is 1. The van der Waals surface area contributed by atoms with Gasteiger partial charge < -0.3 is 4.90 Å². The van der Waals surface area contributed by atoms with Gasteiger partial charge in [-0.3, -0.25) is 9.59 Å². The fraction of sp³-hybridized carbons (Fsp3) is 0.269. The zero-order valence-corrected chi connectivity index (χ0v) is 17.2. The van der Waals surface area contributed by atoms with E-state index in [0.717, 1.165) is 36.5 Å². The molecule has 1 aliphatic heterocycles. The van der Waals surface area contributed by atoms with E-state index in [-0.39, 0.29) is 30.2 Å². The number of imide groups is 1. The molecule has 1 heterocycles. The molecular formula is C26H24N2O3. The lowest BCUT2D eigenvalue weighted by Crippen LogP contribution is -2.63. The molecule has 2 fully saturated rings. The van der Waals surface area contributed by atoms with Gasteiger partial charge >= 0.3 is 6.03 Å². The van der Waals surface area contributed by atoms with Crippen LogP contribution in [0.4, 0.5) is 10.5 Å². The molecule has 0 bridgehead atoms. The summed E-state index contributed by atoms with van der Waals surface area (Å²) in [5.74, 6) is -0.501. The van der Waals surface area contributed by atoms with Crippen LogP contribution in [0.2, 0.25) is 0 Å². The van der Waals surface area contributed by atoms with Crippen molar-refractivity contribution >= 4 is 34.2 Å². The Morgan fingerprint density at radius 1 is 0.839 bits per heavy atom. The number of hydrogen-bond acceptors (Lipinski definition) is 3. The Balaban J connectivity index is 1.51. The summed E-state index contributed by atoms with van der Waals surface area (Å²) < 4.78 is 0. The van der Waals surface area contributed by atoms with Crippen LogP contribution in [0.3, 0.4) is 0 Å². The predicted octanol–water partition coefficient (Wildman–Crippen LogP) is 5.05. The van der Waals surface area contributed by atoms with Crippen molar-refractivity contribution in [2.75, 3.05) is 11.4 Å². The molecule has 0 spiro atoms. The van der Waals surface area contributed by atoms with Gasteiger partial charge in [0.15, 0.2) is 5.78 Å². The first-order valence-electron chi connectivity index (χ1n) is 10.9. The number of rotatable bonds is 4. The SMILES string of the molecule is O=C(CN1C(=O)N(c2ccccc2)C(=O)C2CCCCC21)c1cccc2ccccc12. The lowest BCUT2D eigenvalue weighted by Gasteiger charge is -2.46. The van der Waals surface area contributed by atoms with Crippen LogP contribution in [0.25, 0.3) is 10.8 Å². The summed E-state index contributed by atoms with van der Waals surface area (Å²) in [6.07, 6.45) is 3.44. The highest BCUT2D eigenvalue weighted by Gasteiger charge is 2.48. The number of para-hydroxylation sites is 1. The molecule has 2 aliphatic rings. The Bertz CT molecular complexity index is 1150. The third kappa shape index (κ3) is 3.40. The van der Waals surface area contributed by atoms with Crippen molar-refractivity contribution in [3.8, 4) is 0 Å². The first kappa shape index (κ1) is 19.5. The van der Waals surface area contributed by atoms with Crippen molar-refractivity contribution < 1.29 is 14.4 Å². The van der Waals surface area contributed by atoms with Gasteiger partial charge in [-0.1, -0.05) is 73.5 Å². The van der Waals surface area contributed by atoms with E-state index < -0.39 is 6.03 Å². The second-order valence-electron chi connectivity index (χ2n) is 8.33. The number of amides is 3. The number of nitrogens with zero attached hydrogens (tertiary/aromatic N) is 2. The van der Waals surface area contributed by atoms with Crippen LogP contribution in [0.15, 0.2) is 72.8 Å². The average Bonchev–Trinajstić information content (AvgIpc) is 2.82. The van der Waals surface area contributed by atoms with Crippen molar-refractivity contribution in [1.29, 1.82) is 0 Å². The molecule has 1 saturated carbocycles. The van der Waals surface area contributed by atoms with Crippen LogP contribution in [0, 0.1) is 5.92 Å². The summed E-state index contributed by atoms with van der Waals surface area (Å²) >= 11 is 0. The first-order valence-corrected chi connectivity index (χ1v) is 10.9. The maximum absolute atomic E-state index is 13.5. The third-order valence-electron chi connectivity index (χ3n) is 6.52. The lowest BCUT2D eigenvalue weighted by atomic mass is 9.81. The molecule has 1 aliphatic carbocycles. The van der Waals surface area contributed by atoms with Crippen molar-refractivity contribution in [3.05, 3.63) is 78.4 Å². The van der Waals surface area contributed by atoms with Crippen molar-refractivity contribution in [2.24, 2.45) is 5.92 Å². The molecule has 0 aromatic heterocycles. The van der Waals surface area contributed by atoms with E-state index in [4.69, 9.17) is 0 Å². The van der Waals surface area contributed by atoms with Gasteiger partial charge in [0.1, 0.15) is 0 Å². The fourth-order valence-corrected chi connectivity index (χ4v) is 5.01. The summed E-state index contributed by atoms with van der Waals surface area (Å²) in [5, 5.41) is 1.88. The predicted molar refractivity (Wildman–Crippen MR) is 120 cm³/mol. The summed E-state index contributed by atoms with van der Waals surface area (Å²) in [6.45, 7) is -0.0232. The van der Waals surface area contributed by atoms with Crippen molar-refractivity contribution in [3.63, 3.8) is 0 Å². The highest BCUT2D eigenvalue weighted by molar-refractivity contribution is 6.18. The second-order valence-corrected chi connectivity index (χ2v) is 8.33. The number of benzene rings is 3. The molecule has 5 heteroatoms. The number of hydrogen-bond donors (Lipinski definition) is 0. The Morgan fingerprint density at radius 2 is 1.55 bits per heavy atom. The van der Waals surface area contributed by atoms with Crippen LogP contribution in [0.1, 0.15) is 36.0 Å². The van der Waals surface area contributed by atoms with E-state index in [9.17, 15) is 14.4 Å².